The minimum atomic E-state index is 0.609. The number of rotatable bonds is 8. The summed E-state index contributed by atoms with van der Waals surface area (Å²) in [5, 5.41) is 7.60. The Morgan fingerprint density at radius 2 is 1.81 bits per heavy atom. The average Bonchev–Trinajstić information content (AvgIpc) is 3.23. The Morgan fingerprint density at radius 3 is 2.56 bits per heavy atom. The molecule has 1 heterocycles. The van der Waals surface area contributed by atoms with Gasteiger partial charge in [-0.25, -0.2) is 0 Å². The van der Waals surface area contributed by atoms with E-state index in [-0.39, 0.29) is 0 Å². The fraction of sp³-hybridized carbons (Fsp3) is 0.409. The standard InChI is InChI=1S/C22H29N3OS/c1-23-22(25-15-21-12-7-13-27-21)24-14-19-10-5-6-11-20(19)17-26-16-18-8-3-2-4-9-18/h2-6,8-11,21H,7,12-17H2,1H3,(H2,23,24,25). The Balaban J connectivity index is 1.47. The molecule has 2 N–H and O–H groups in total. The van der Waals surface area contributed by atoms with Gasteiger partial charge in [-0.1, -0.05) is 54.6 Å². The molecule has 0 saturated carbocycles. The fourth-order valence-corrected chi connectivity index (χ4v) is 4.34. The SMILES string of the molecule is CN=C(NCc1ccccc1COCc1ccccc1)NCC1CCCS1. The number of aliphatic imine (C=N–C) groups is 1. The molecule has 0 bridgehead atoms. The lowest BCUT2D eigenvalue weighted by Crippen LogP contribution is -2.39. The highest BCUT2D eigenvalue weighted by atomic mass is 32.2. The Hall–Kier alpha value is -1.98. The van der Waals surface area contributed by atoms with Crippen LogP contribution in [0.5, 0.6) is 0 Å². The lowest BCUT2D eigenvalue weighted by Gasteiger charge is -2.16. The molecule has 0 spiro atoms. The molecular weight excluding hydrogens is 354 g/mol. The van der Waals surface area contributed by atoms with E-state index in [9.17, 15) is 0 Å². The summed E-state index contributed by atoms with van der Waals surface area (Å²) >= 11 is 2.06. The summed E-state index contributed by atoms with van der Waals surface area (Å²) in [6.07, 6.45) is 2.63. The summed E-state index contributed by atoms with van der Waals surface area (Å²) in [5.74, 6) is 2.15. The van der Waals surface area contributed by atoms with Crippen LogP contribution in [-0.4, -0.2) is 30.6 Å². The van der Waals surface area contributed by atoms with Crippen molar-refractivity contribution in [1.29, 1.82) is 0 Å². The largest absolute Gasteiger partial charge is 0.372 e. The monoisotopic (exact) mass is 383 g/mol. The van der Waals surface area contributed by atoms with Crippen molar-refractivity contribution in [2.45, 2.75) is 37.9 Å². The molecule has 1 fully saturated rings. The first kappa shape index (κ1) is 19.8. The fourth-order valence-electron chi connectivity index (χ4n) is 3.14. The molecule has 5 heteroatoms. The number of nitrogens with one attached hydrogen (secondary N) is 2. The number of ether oxygens (including phenoxy) is 1. The van der Waals surface area contributed by atoms with E-state index in [1.54, 1.807) is 0 Å². The Bertz CT molecular complexity index is 715. The van der Waals surface area contributed by atoms with Gasteiger partial charge in [0.25, 0.3) is 0 Å². The molecule has 0 amide bonds. The van der Waals surface area contributed by atoms with Crippen molar-refractivity contribution >= 4 is 17.7 Å². The quantitative estimate of drug-likeness (QED) is 0.535. The van der Waals surface area contributed by atoms with E-state index in [4.69, 9.17) is 4.74 Å². The van der Waals surface area contributed by atoms with E-state index in [1.807, 2.05) is 25.2 Å². The topological polar surface area (TPSA) is 45.7 Å². The molecule has 0 radical (unpaired) electrons. The van der Waals surface area contributed by atoms with Crippen molar-refractivity contribution in [2.24, 2.45) is 4.99 Å². The van der Waals surface area contributed by atoms with Gasteiger partial charge in [0.1, 0.15) is 0 Å². The summed E-state index contributed by atoms with van der Waals surface area (Å²) < 4.78 is 5.92. The van der Waals surface area contributed by atoms with E-state index in [0.717, 1.165) is 19.0 Å². The summed E-state index contributed by atoms with van der Waals surface area (Å²) in [4.78, 5) is 4.35. The molecule has 1 aliphatic rings. The molecule has 144 valence electrons. The zero-order valence-corrected chi connectivity index (χ0v) is 16.8. The van der Waals surface area contributed by atoms with Crippen LogP contribution in [0.3, 0.4) is 0 Å². The number of thioether (sulfide) groups is 1. The molecule has 0 aliphatic carbocycles. The van der Waals surface area contributed by atoms with Crippen LogP contribution >= 0.6 is 11.8 Å². The lowest BCUT2D eigenvalue weighted by molar-refractivity contribution is 0.106. The van der Waals surface area contributed by atoms with Gasteiger partial charge in [-0.05, 0) is 35.3 Å². The van der Waals surface area contributed by atoms with E-state index in [2.05, 4.69) is 63.8 Å². The van der Waals surface area contributed by atoms with Crippen LogP contribution in [0.2, 0.25) is 0 Å². The van der Waals surface area contributed by atoms with Crippen LogP contribution in [0.25, 0.3) is 0 Å². The molecule has 1 atom stereocenters. The van der Waals surface area contributed by atoms with Gasteiger partial charge < -0.3 is 15.4 Å². The van der Waals surface area contributed by atoms with Gasteiger partial charge in [-0.3, -0.25) is 4.99 Å². The predicted octanol–water partition coefficient (Wildman–Crippen LogP) is 3.96. The highest BCUT2D eigenvalue weighted by molar-refractivity contribution is 8.00. The Labute approximate surface area is 166 Å². The van der Waals surface area contributed by atoms with E-state index >= 15 is 0 Å². The minimum Gasteiger partial charge on any atom is -0.372 e. The second-order valence-electron chi connectivity index (χ2n) is 6.69. The summed E-state index contributed by atoms with van der Waals surface area (Å²) in [6.45, 7) is 2.96. The van der Waals surface area contributed by atoms with Gasteiger partial charge in [0.05, 0.1) is 13.2 Å². The van der Waals surface area contributed by atoms with E-state index in [0.29, 0.717) is 18.5 Å². The summed E-state index contributed by atoms with van der Waals surface area (Å²) in [5.41, 5.74) is 3.65. The molecule has 3 rings (SSSR count). The van der Waals surface area contributed by atoms with Crippen molar-refractivity contribution < 1.29 is 4.74 Å². The molecule has 1 aliphatic heterocycles. The molecule has 27 heavy (non-hydrogen) atoms. The minimum absolute atomic E-state index is 0.609. The van der Waals surface area contributed by atoms with Gasteiger partial charge in [-0.15, -0.1) is 0 Å². The Morgan fingerprint density at radius 1 is 1.04 bits per heavy atom. The van der Waals surface area contributed by atoms with Crippen LogP contribution in [0.15, 0.2) is 59.6 Å². The highest BCUT2D eigenvalue weighted by Crippen LogP contribution is 2.25. The van der Waals surface area contributed by atoms with Gasteiger partial charge in [0, 0.05) is 25.4 Å². The third-order valence-electron chi connectivity index (χ3n) is 4.68. The third kappa shape index (κ3) is 6.60. The molecular formula is C22H29N3OS. The predicted molar refractivity (Wildman–Crippen MR) is 115 cm³/mol. The lowest BCUT2D eigenvalue weighted by atomic mass is 10.1. The average molecular weight is 384 g/mol. The summed E-state index contributed by atoms with van der Waals surface area (Å²) in [7, 11) is 1.83. The molecule has 4 nitrogen and oxygen atoms in total. The highest BCUT2D eigenvalue weighted by Gasteiger charge is 2.15. The van der Waals surface area contributed by atoms with Crippen LogP contribution < -0.4 is 10.6 Å². The van der Waals surface area contributed by atoms with Crippen LogP contribution in [0, 0.1) is 0 Å². The van der Waals surface area contributed by atoms with Crippen LogP contribution in [0.4, 0.5) is 0 Å². The number of hydrogen-bond donors (Lipinski definition) is 2. The van der Waals surface area contributed by atoms with Gasteiger partial charge in [0.2, 0.25) is 0 Å². The van der Waals surface area contributed by atoms with Crippen molar-refractivity contribution in [1.82, 2.24) is 10.6 Å². The number of nitrogens with zero attached hydrogens (tertiary/aromatic N) is 1. The first-order valence-electron chi connectivity index (χ1n) is 9.59. The smallest absolute Gasteiger partial charge is 0.191 e. The van der Waals surface area contributed by atoms with Crippen molar-refractivity contribution in [3.05, 3.63) is 71.3 Å². The second-order valence-corrected chi connectivity index (χ2v) is 8.10. The molecule has 2 aromatic rings. The van der Waals surface area contributed by atoms with E-state index in [1.165, 1.54) is 35.3 Å². The second kappa shape index (κ2) is 11.0. The van der Waals surface area contributed by atoms with Gasteiger partial charge >= 0.3 is 0 Å². The first-order chi connectivity index (χ1) is 13.3. The zero-order chi connectivity index (χ0) is 18.7. The molecule has 0 aromatic heterocycles. The maximum absolute atomic E-state index is 5.92. The van der Waals surface area contributed by atoms with Crippen LogP contribution in [-0.2, 0) is 24.5 Å². The molecule has 1 saturated heterocycles. The van der Waals surface area contributed by atoms with Crippen molar-refractivity contribution in [3.63, 3.8) is 0 Å². The zero-order valence-electron chi connectivity index (χ0n) is 16.0. The van der Waals surface area contributed by atoms with Gasteiger partial charge in [-0.2, -0.15) is 11.8 Å². The third-order valence-corrected chi connectivity index (χ3v) is 6.08. The number of hydrogen-bond acceptors (Lipinski definition) is 3. The number of guanidine groups is 1. The van der Waals surface area contributed by atoms with Crippen LogP contribution in [0.1, 0.15) is 29.5 Å². The maximum atomic E-state index is 5.92. The molecule has 2 aromatic carbocycles. The van der Waals surface area contributed by atoms with Crippen molar-refractivity contribution in [2.75, 3.05) is 19.3 Å². The molecule has 1 unspecified atom stereocenters. The normalized spacial score (nSPS) is 17.1. The number of benzene rings is 2. The van der Waals surface area contributed by atoms with E-state index < -0.39 is 0 Å². The first-order valence-corrected chi connectivity index (χ1v) is 10.6. The maximum Gasteiger partial charge on any atom is 0.191 e. The Kier molecular flexibility index (Phi) is 8.05. The van der Waals surface area contributed by atoms with Gasteiger partial charge in [0.15, 0.2) is 5.96 Å². The van der Waals surface area contributed by atoms with Crippen molar-refractivity contribution in [3.8, 4) is 0 Å². The summed E-state index contributed by atoms with van der Waals surface area (Å²) in [6, 6.07) is 18.7.